The summed E-state index contributed by atoms with van der Waals surface area (Å²) in [5.41, 5.74) is 3.19. The fourth-order valence-corrected chi connectivity index (χ4v) is 6.44. The smallest absolute Gasteiger partial charge is 0.411 e. The summed E-state index contributed by atoms with van der Waals surface area (Å²) in [6.45, 7) is 3.38. The van der Waals surface area contributed by atoms with Gasteiger partial charge in [0.05, 0.1) is 39.0 Å². The van der Waals surface area contributed by atoms with Crippen molar-refractivity contribution in [2.45, 2.75) is 31.5 Å². The number of para-hydroxylation sites is 2. The van der Waals surface area contributed by atoms with Crippen molar-refractivity contribution >= 4 is 22.9 Å². The minimum absolute atomic E-state index is 0.0502. The maximum atomic E-state index is 13.7. The zero-order chi connectivity index (χ0) is 35.7. The second-order valence-electron chi connectivity index (χ2n) is 12.3. The quantitative estimate of drug-likeness (QED) is 0.149. The van der Waals surface area contributed by atoms with Gasteiger partial charge in [0.2, 0.25) is 11.7 Å². The zero-order valence-corrected chi connectivity index (χ0v) is 29.0. The van der Waals surface area contributed by atoms with Gasteiger partial charge >= 0.3 is 6.18 Å². The van der Waals surface area contributed by atoms with E-state index in [9.17, 15) is 18.0 Å². The fraction of sp³-hybridized carbons (Fsp3) is 0.472. The summed E-state index contributed by atoms with van der Waals surface area (Å²) in [6, 6.07) is 15.0. The van der Waals surface area contributed by atoms with E-state index in [1.54, 1.807) is 36.5 Å². The maximum Gasteiger partial charge on any atom is 0.411 e. The van der Waals surface area contributed by atoms with Gasteiger partial charge in [-0.1, -0.05) is 12.1 Å². The van der Waals surface area contributed by atoms with E-state index in [1.807, 2.05) is 41.0 Å². The molecule has 11 nitrogen and oxygen atoms in total. The lowest BCUT2D eigenvalue weighted by Crippen LogP contribution is -2.35. The molecule has 5 rings (SSSR count). The number of amides is 1. The van der Waals surface area contributed by atoms with Crippen molar-refractivity contribution in [3.05, 3.63) is 72.1 Å². The predicted octanol–water partition coefficient (Wildman–Crippen LogP) is 5.49. The molecule has 2 aromatic heterocycles. The highest BCUT2D eigenvalue weighted by Gasteiger charge is 2.28. The Morgan fingerprint density at radius 3 is 2.34 bits per heavy atom. The van der Waals surface area contributed by atoms with Gasteiger partial charge in [-0.2, -0.15) is 13.2 Å². The summed E-state index contributed by atoms with van der Waals surface area (Å²) < 4.78 is 61.3. The second-order valence-corrected chi connectivity index (χ2v) is 12.3. The van der Waals surface area contributed by atoms with Crippen LogP contribution in [-0.4, -0.2) is 117 Å². The van der Waals surface area contributed by atoms with Crippen molar-refractivity contribution in [2.75, 3.05) is 85.8 Å². The van der Waals surface area contributed by atoms with Crippen LogP contribution in [0.2, 0.25) is 0 Å². The number of pyridine rings is 1. The number of anilines is 1. The lowest BCUT2D eigenvalue weighted by molar-refractivity contribution is -0.174. The molecule has 1 amide bonds. The number of benzene rings is 2. The maximum absolute atomic E-state index is 13.7. The van der Waals surface area contributed by atoms with Gasteiger partial charge in [-0.3, -0.25) is 9.78 Å². The highest BCUT2D eigenvalue weighted by atomic mass is 19.4. The number of imidazole rings is 1. The van der Waals surface area contributed by atoms with E-state index in [2.05, 4.69) is 14.8 Å². The monoisotopic (exact) mass is 698 g/mol. The molecule has 50 heavy (non-hydrogen) atoms. The normalized spacial score (nSPS) is 14.7. The molecule has 0 aliphatic carbocycles. The molecule has 270 valence electrons. The van der Waals surface area contributed by atoms with Crippen LogP contribution in [0.25, 0.3) is 11.0 Å². The van der Waals surface area contributed by atoms with Gasteiger partial charge in [0.25, 0.3) is 5.91 Å². The van der Waals surface area contributed by atoms with E-state index in [4.69, 9.17) is 23.9 Å². The molecular weight excluding hydrogens is 653 g/mol. The summed E-state index contributed by atoms with van der Waals surface area (Å²) in [4.78, 5) is 29.1. The first-order valence-corrected chi connectivity index (χ1v) is 16.6. The van der Waals surface area contributed by atoms with Gasteiger partial charge in [-0.15, -0.1) is 0 Å². The Labute approximate surface area is 290 Å². The molecule has 1 aliphatic heterocycles. The molecule has 1 unspecified atom stereocenters. The molecule has 0 saturated carbocycles. The van der Waals surface area contributed by atoms with Crippen LogP contribution in [0, 0.1) is 0 Å². The van der Waals surface area contributed by atoms with E-state index in [0.29, 0.717) is 35.9 Å². The average molecular weight is 699 g/mol. The third-order valence-corrected chi connectivity index (χ3v) is 8.95. The number of halogens is 3. The second kappa shape index (κ2) is 16.9. The molecule has 2 aromatic carbocycles. The van der Waals surface area contributed by atoms with E-state index >= 15 is 0 Å². The van der Waals surface area contributed by atoms with Crippen LogP contribution >= 0.6 is 0 Å². The van der Waals surface area contributed by atoms with Gasteiger partial charge < -0.3 is 38.2 Å². The van der Waals surface area contributed by atoms with Gasteiger partial charge in [-0.25, -0.2) is 4.98 Å². The Bertz CT molecular complexity index is 1680. The molecule has 1 atom stereocenters. The fourth-order valence-electron chi connectivity index (χ4n) is 6.44. The van der Waals surface area contributed by atoms with Crippen molar-refractivity contribution < 1.29 is 36.9 Å². The highest BCUT2D eigenvalue weighted by Crippen LogP contribution is 2.38. The lowest BCUT2D eigenvalue weighted by atomic mass is 9.95. The number of hydrogen-bond donors (Lipinski definition) is 0. The largest absolute Gasteiger partial charge is 0.493 e. The third-order valence-electron chi connectivity index (χ3n) is 8.95. The first-order chi connectivity index (χ1) is 24.1. The number of aromatic nitrogens is 3. The number of rotatable bonds is 15. The number of fused-ring (bicyclic) bond motifs is 1. The summed E-state index contributed by atoms with van der Waals surface area (Å²) in [5.74, 6) is 1.87. The van der Waals surface area contributed by atoms with E-state index in [-0.39, 0.29) is 25.0 Å². The Morgan fingerprint density at radius 2 is 1.66 bits per heavy atom. The van der Waals surface area contributed by atoms with Crippen LogP contribution in [0.4, 0.5) is 19.1 Å². The Kier molecular flexibility index (Phi) is 12.4. The average Bonchev–Trinajstić information content (AvgIpc) is 3.32. The standard InChI is InChI=1S/C36H45F3N6O5/c1-42(34(46)28-22-31(47-2)33(49-4)32(23-28)48-3)24-27(26-10-13-40-14-11-26)12-17-43-15-7-16-44(19-18-43)35-41-29-8-5-6-9-30(29)45(35)20-21-50-25-36(37,38)39/h5-6,8-11,13-14,22-23,27H,7,12,15-21,24-25H2,1-4H3. The molecular formula is C36H45F3N6O5. The number of carbonyl (C=O) groups excluding carboxylic acids is 1. The van der Waals surface area contributed by atoms with Crippen LogP contribution < -0.4 is 19.1 Å². The van der Waals surface area contributed by atoms with Crippen molar-refractivity contribution in [2.24, 2.45) is 0 Å². The molecule has 1 saturated heterocycles. The third kappa shape index (κ3) is 9.16. The number of hydrogen-bond acceptors (Lipinski definition) is 9. The van der Waals surface area contributed by atoms with Gasteiger partial charge in [-0.05, 0) is 67.9 Å². The predicted molar refractivity (Wildman–Crippen MR) is 185 cm³/mol. The van der Waals surface area contributed by atoms with Crippen LogP contribution in [-0.2, 0) is 11.3 Å². The van der Waals surface area contributed by atoms with E-state index < -0.39 is 12.8 Å². The Morgan fingerprint density at radius 1 is 0.940 bits per heavy atom. The minimum Gasteiger partial charge on any atom is -0.493 e. The molecule has 0 bridgehead atoms. The summed E-state index contributed by atoms with van der Waals surface area (Å²) in [7, 11) is 6.35. The van der Waals surface area contributed by atoms with Crippen LogP contribution in [0.1, 0.15) is 34.7 Å². The first kappa shape index (κ1) is 36.7. The summed E-state index contributed by atoms with van der Waals surface area (Å²) in [5, 5.41) is 0. The number of carbonyl (C=O) groups is 1. The minimum atomic E-state index is -4.37. The SMILES string of the molecule is COc1cc(C(=O)N(C)CC(CCN2CCCN(c3nc4ccccc4n3CCOCC(F)(F)F)CC2)c2ccncc2)cc(OC)c1OC. The number of likely N-dealkylation sites (N-methyl/N-ethyl adjacent to an activating group) is 1. The zero-order valence-electron chi connectivity index (χ0n) is 29.0. The molecule has 1 fully saturated rings. The van der Waals surface area contributed by atoms with Crippen LogP contribution in [0.15, 0.2) is 60.9 Å². The van der Waals surface area contributed by atoms with Gasteiger partial charge in [0.1, 0.15) is 6.61 Å². The molecule has 3 heterocycles. The molecule has 14 heteroatoms. The van der Waals surface area contributed by atoms with Crippen molar-refractivity contribution in [1.82, 2.24) is 24.3 Å². The first-order valence-electron chi connectivity index (χ1n) is 16.6. The van der Waals surface area contributed by atoms with Crippen LogP contribution in [0.3, 0.4) is 0 Å². The summed E-state index contributed by atoms with van der Waals surface area (Å²) in [6.07, 6.45) is 0.883. The molecule has 4 aromatic rings. The van der Waals surface area contributed by atoms with E-state index in [0.717, 1.165) is 61.6 Å². The van der Waals surface area contributed by atoms with Crippen molar-refractivity contribution in [3.8, 4) is 17.2 Å². The molecule has 0 spiro atoms. The highest BCUT2D eigenvalue weighted by molar-refractivity contribution is 5.95. The molecule has 0 N–H and O–H groups in total. The molecule has 1 aliphatic rings. The van der Waals surface area contributed by atoms with Gasteiger partial charge in [0.15, 0.2) is 11.5 Å². The number of ether oxygens (including phenoxy) is 4. The summed E-state index contributed by atoms with van der Waals surface area (Å²) >= 11 is 0. The Hall–Kier alpha value is -4.56. The number of alkyl halides is 3. The Balaban J connectivity index is 1.25. The van der Waals surface area contributed by atoms with Gasteiger partial charge in [0, 0.05) is 63.6 Å². The lowest BCUT2D eigenvalue weighted by Gasteiger charge is -2.28. The topological polar surface area (TPSA) is 94.4 Å². The number of methoxy groups -OCH3 is 3. The van der Waals surface area contributed by atoms with Crippen LogP contribution in [0.5, 0.6) is 17.2 Å². The van der Waals surface area contributed by atoms with E-state index in [1.165, 1.54) is 21.3 Å². The molecule has 0 radical (unpaired) electrons. The van der Waals surface area contributed by atoms with Crippen molar-refractivity contribution in [3.63, 3.8) is 0 Å². The van der Waals surface area contributed by atoms with Crippen molar-refractivity contribution in [1.29, 1.82) is 0 Å². The number of nitrogens with zero attached hydrogens (tertiary/aromatic N) is 6.